The molecule has 114 valence electrons. The van der Waals surface area contributed by atoms with Gasteiger partial charge in [-0.2, -0.15) is 0 Å². The summed E-state index contributed by atoms with van der Waals surface area (Å²) in [5, 5.41) is 3.28. The van der Waals surface area contributed by atoms with Gasteiger partial charge in [0.1, 0.15) is 0 Å². The van der Waals surface area contributed by atoms with Crippen LogP contribution in [0.15, 0.2) is 61.3 Å². The number of hydrogen-bond donors (Lipinski definition) is 1. The third-order valence-corrected chi connectivity index (χ3v) is 3.30. The fraction of sp³-hybridized carbons (Fsp3) is 0.158. The average Bonchev–Trinajstić information content (AvgIpc) is 2.51. The summed E-state index contributed by atoms with van der Waals surface area (Å²) in [5.41, 5.74) is 5.34. The molecule has 0 amide bonds. The third-order valence-electron chi connectivity index (χ3n) is 3.30. The van der Waals surface area contributed by atoms with Crippen LogP contribution in [0.2, 0.25) is 0 Å². The van der Waals surface area contributed by atoms with E-state index < -0.39 is 0 Å². The van der Waals surface area contributed by atoms with E-state index in [0.29, 0.717) is 5.95 Å². The van der Waals surface area contributed by atoms with Gasteiger partial charge in [0.05, 0.1) is 5.69 Å². The third kappa shape index (κ3) is 3.92. The molecule has 0 spiro atoms. The standard InChI is InChI=1S/C19H21N3.H2/c1-5-7-8-16(6-2)18-11-12-20-19(22-18)21-17-10-9-14(3)13-15(17)4;/h5-13H,1H2,2-4H3,(H,20,21,22);1H/b8-7-,16-6+;. The largest absolute Gasteiger partial charge is 0.324 e. The summed E-state index contributed by atoms with van der Waals surface area (Å²) in [6.07, 6.45) is 9.41. The Balaban J connectivity index is 0.00000264. The maximum absolute atomic E-state index is 4.58. The number of aryl methyl sites for hydroxylation is 2. The van der Waals surface area contributed by atoms with Gasteiger partial charge in [-0.15, -0.1) is 0 Å². The molecule has 0 radical (unpaired) electrons. The highest BCUT2D eigenvalue weighted by Crippen LogP contribution is 2.21. The van der Waals surface area contributed by atoms with Gasteiger partial charge < -0.3 is 5.32 Å². The first kappa shape index (κ1) is 15.7. The summed E-state index contributed by atoms with van der Waals surface area (Å²) in [5.74, 6) is 0.593. The van der Waals surface area contributed by atoms with Gasteiger partial charge in [-0.05, 0) is 44.0 Å². The number of hydrogen-bond acceptors (Lipinski definition) is 3. The lowest BCUT2D eigenvalue weighted by atomic mass is 10.1. The lowest BCUT2D eigenvalue weighted by Crippen LogP contribution is -2.00. The Hall–Kier alpha value is -2.68. The molecule has 3 nitrogen and oxygen atoms in total. The van der Waals surface area contributed by atoms with Gasteiger partial charge >= 0.3 is 0 Å². The Morgan fingerprint density at radius 2 is 2.09 bits per heavy atom. The van der Waals surface area contributed by atoms with Gasteiger partial charge in [0.15, 0.2) is 0 Å². The maximum atomic E-state index is 4.58. The van der Waals surface area contributed by atoms with E-state index in [9.17, 15) is 0 Å². The molecule has 2 rings (SSSR count). The second kappa shape index (κ2) is 7.36. The van der Waals surface area contributed by atoms with Crippen molar-refractivity contribution in [2.75, 3.05) is 5.32 Å². The zero-order chi connectivity index (χ0) is 15.9. The van der Waals surface area contributed by atoms with Crippen LogP contribution in [0.3, 0.4) is 0 Å². The minimum absolute atomic E-state index is 0. The predicted molar refractivity (Wildman–Crippen MR) is 96.3 cm³/mol. The minimum Gasteiger partial charge on any atom is -0.324 e. The van der Waals surface area contributed by atoms with Crippen LogP contribution in [0.25, 0.3) is 5.57 Å². The zero-order valence-corrected chi connectivity index (χ0v) is 13.3. The molecule has 0 bridgehead atoms. The van der Waals surface area contributed by atoms with Crippen molar-refractivity contribution in [1.82, 2.24) is 9.97 Å². The van der Waals surface area contributed by atoms with Gasteiger partial charge in [-0.25, -0.2) is 9.97 Å². The van der Waals surface area contributed by atoms with Crippen LogP contribution in [-0.2, 0) is 0 Å². The molecule has 1 aromatic carbocycles. The minimum atomic E-state index is 0. The van der Waals surface area contributed by atoms with E-state index >= 15 is 0 Å². The van der Waals surface area contributed by atoms with Gasteiger partial charge in [0, 0.05) is 13.3 Å². The van der Waals surface area contributed by atoms with Crippen molar-refractivity contribution in [3.05, 3.63) is 78.2 Å². The fourth-order valence-electron chi connectivity index (χ4n) is 2.16. The summed E-state index contributed by atoms with van der Waals surface area (Å²) in [4.78, 5) is 8.88. The SMILES string of the molecule is C=C/C=C\C(=C/C)c1ccnc(Nc2ccc(C)cc2C)n1.[HH]. The fourth-order valence-corrected chi connectivity index (χ4v) is 2.16. The van der Waals surface area contributed by atoms with Crippen LogP contribution < -0.4 is 5.32 Å². The Morgan fingerprint density at radius 1 is 1.27 bits per heavy atom. The van der Waals surface area contributed by atoms with Crippen molar-refractivity contribution in [3.8, 4) is 0 Å². The molecular formula is C19H23N3. The molecule has 0 aliphatic rings. The average molecular weight is 293 g/mol. The monoisotopic (exact) mass is 293 g/mol. The molecule has 2 aromatic rings. The van der Waals surface area contributed by atoms with Crippen molar-refractivity contribution in [2.45, 2.75) is 20.8 Å². The van der Waals surface area contributed by atoms with Crippen molar-refractivity contribution in [2.24, 2.45) is 0 Å². The van der Waals surface area contributed by atoms with Crippen LogP contribution in [0.1, 0.15) is 25.2 Å². The van der Waals surface area contributed by atoms with Crippen molar-refractivity contribution >= 4 is 17.2 Å². The van der Waals surface area contributed by atoms with E-state index in [1.807, 2.05) is 31.2 Å². The Morgan fingerprint density at radius 3 is 2.77 bits per heavy atom. The van der Waals surface area contributed by atoms with Crippen molar-refractivity contribution < 1.29 is 1.43 Å². The number of nitrogens with one attached hydrogen (secondary N) is 1. The van der Waals surface area contributed by atoms with Crippen LogP contribution in [0, 0.1) is 13.8 Å². The Bertz CT molecular complexity index is 733. The van der Waals surface area contributed by atoms with Crippen LogP contribution in [0.5, 0.6) is 0 Å². The van der Waals surface area contributed by atoms with Crippen molar-refractivity contribution in [1.29, 1.82) is 0 Å². The molecule has 0 saturated heterocycles. The van der Waals surface area contributed by atoms with E-state index in [1.165, 1.54) is 11.1 Å². The van der Waals surface area contributed by atoms with Gasteiger partial charge in [-0.1, -0.05) is 48.6 Å². The van der Waals surface area contributed by atoms with E-state index in [2.05, 4.69) is 53.9 Å². The summed E-state index contributed by atoms with van der Waals surface area (Å²) < 4.78 is 0. The number of aromatic nitrogens is 2. The van der Waals surface area contributed by atoms with Gasteiger partial charge in [0.25, 0.3) is 0 Å². The van der Waals surface area contributed by atoms with Crippen LogP contribution in [0.4, 0.5) is 11.6 Å². The normalized spacial score (nSPS) is 11.7. The number of benzene rings is 1. The first-order valence-corrected chi connectivity index (χ1v) is 7.27. The molecule has 3 heteroatoms. The molecule has 1 N–H and O–H groups in total. The molecule has 0 fully saturated rings. The number of rotatable bonds is 5. The lowest BCUT2D eigenvalue weighted by molar-refractivity contribution is 1.14. The number of allylic oxidation sites excluding steroid dienone is 5. The molecular weight excluding hydrogens is 270 g/mol. The second-order valence-electron chi connectivity index (χ2n) is 5.05. The second-order valence-corrected chi connectivity index (χ2v) is 5.05. The molecule has 0 atom stereocenters. The summed E-state index contributed by atoms with van der Waals surface area (Å²) in [7, 11) is 0. The van der Waals surface area contributed by atoms with E-state index in [1.54, 1.807) is 12.3 Å². The molecule has 1 heterocycles. The van der Waals surface area contributed by atoms with E-state index in [4.69, 9.17) is 0 Å². The summed E-state index contributed by atoms with van der Waals surface area (Å²) in [6, 6.07) is 8.16. The Kier molecular flexibility index (Phi) is 5.26. The smallest absolute Gasteiger partial charge is 0.227 e. The van der Waals surface area contributed by atoms with E-state index in [0.717, 1.165) is 17.0 Å². The number of nitrogens with zero attached hydrogens (tertiary/aromatic N) is 2. The molecule has 22 heavy (non-hydrogen) atoms. The molecule has 0 aliphatic heterocycles. The maximum Gasteiger partial charge on any atom is 0.227 e. The Labute approximate surface area is 133 Å². The van der Waals surface area contributed by atoms with Crippen LogP contribution in [-0.4, -0.2) is 9.97 Å². The van der Waals surface area contributed by atoms with Crippen LogP contribution >= 0.6 is 0 Å². The topological polar surface area (TPSA) is 37.8 Å². The predicted octanol–water partition coefficient (Wildman–Crippen LogP) is 5.23. The van der Waals surface area contributed by atoms with E-state index in [-0.39, 0.29) is 1.43 Å². The van der Waals surface area contributed by atoms with Crippen molar-refractivity contribution in [3.63, 3.8) is 0 Å². The molecule has 0 saturated carbocycles. The first-order chi connectivity index (χ1) is 10.6. The summed E-state index contributed by atoms with van der Waals surface area (Å²) in [6.45, 7) is 9.83. The molecule has 0 unspecified atom stereocenters. The highest BCUT2D eigenvalue weighted by molar-refractivity contribution is 5.72. The summed E-state index contributed by atoms with van der Waals surface area (Å²) >= 11 is 0. The lowest BCUT2D eigenvalue weighted by Gasteiger charge is -2.10. The quantitative estimate of drug-likeness (QED) is 0.767. The first-order valence-electron chi connectivity index (χ1n) is 7.27. The zero-order valence-electron chi connectivity index (χ0n) is 13.3. The molecule has 1 aromatic heterocycles. The highest BCUT2D eigenvalue weighted by Gasteiger charge is 2.04. The number of anilines is 2. The molecule has 0 aliphatic carbocycles. The highest BCUT2D eigenvalue weighted by atomic mass is 15.1. The van der Waals surface area contributed by atoms with Gasteiger partial charge in [0.2, 0.25) is 5.95 Å². The van der Waals surface area contributed by atoms with Gasteiger partial charge in [-0.3, -0.25) is 0 Å².